The molecule has 0 aromatic heterocycles. The van der Waals surface area contributed by atoms with Crippen LogP contribution in [-0.2, 0) is 4.74 Å². The summed E-state index contributed by atoms with van der Waals surface area (Å²) in [6.07, 6.45) is 5.47. The molecule has 15 heavy (non-hydrogen) atoms. The van der Waals surface area contributed by atoms with Gasteiger partial charge in [0.2, 0.25) is 0 Å². The van der Waals surface area contributed by atoms with Gasteiger partial charge in [-0.15, -0.1) is 0 Å². The average molecular weight is 206 g/mol. The Balaban J connectivity index is 2.19. The van der Waals surface area contributed by atoms with Crippen LogP contribution in [0.4, 0.5) is 0 Å². The van der Waals surface area contributed by atoms with Gasteiger partial charge in [0.25, 0.3) is 0 Å². The van der Waals surface area contributed by atoms with Crippen molar-refractivity contribution < 1.29 is 4.74 Å². The Kier molecular flexibility index (Phi) is 1.55. The van der Waals surface area contributed by atoms with Gasteiger partial charge in [0.15, 0.2) is 0 Å². The van der Waals surface area contributed by atoms with Crippen molar-refractivity contribution in [3.63, 3.8) is 0 Å². The maximum Gasteiger partial charge on any atom is 0.0807 e. The topological polar surface area (TPSA) is 9.23 Å². The van der Waals surface area contributed by atoms with Crippen LogP contribution < -0.4 is 0 Å². The molecule has 0 N–H and O–H groups in total. The Hall–Kier alpha value is -0.300. The van der Waals surface area contributed by atoms with Crippen LogP contribution in [0.3, 0.4) is 0 Å². The predicted octanol–water partition coefficient (Wildman–Crippen LogP) is 3.55. The van der Waals surface area contributed by atoms with Gasteiger partial charge in [-0.3, -0.25) is 0 Å². The van der Waals surface area contributed by atoms with Crippen LogP contribution in [0.25, 0.3) is 0 Å². The van der Waals surface area contributed by atoms with Gasteiger partial charge >= 0.3 is 0 Å². The van der Waals surface area contributed by atoms with E-state index in [0.717, 1.165) is 0 Å². The lowest BCUT2D eigenvalue weighted by Crippen LogP contribution is -2.62. The SMILES string of the molecule is CC1(C)C2=CCCC3OC(C)(C23)C1(C)C. The number of ether oxygens (including phenoxy) is 1. The normalized spacial score (nSPS) is 49.3. The van der Waals surface area contributed by atoms with Crippen LogP contribution in [0, 0.1) is 16.7 Å². The predicted molar refractivity (Wildman–Crippen MR) is 61.6 cm³/mol. The van der Waals surface area contributed by atoms with Crippen molar-refractivity contribution in [2.75, 3.05) is 0 Å². The van der Waals surface area contributed by atoms with Gasteiger partial charge in [-0.2, -0.15) is 0 Å². The number of hydrogen-bond donors (Lipinski definition) is 0. The minimum absolute atomic E-state index is 0.0907. The summed E-state index contributed by atoms with van der Waals surface area (Å²) in [6.45, 7) is 11.9. The zero-order valence-corrected chi connectivity index (χ0v) is 10.6. The minimum atomic E-state index is 0.0907. The molecule has 0 aromatic carbocycles. The quantitative estimate of drug-likeness (QED) is 0.551. The van der Waals surface area contributed by atoms with E-state index in [-0.39, 0.29) is 11.0 Å². The minimum Gasteiger partial charge on any atom is -0.370 e. The van der Waals surface area contributed by atoms with Gasteiger partial charge in [0.1, 0.15) is 0 Å². The Labute approximate surface area is 92.9 Å². The largest absolute Gasteiger partial charge is 0.370 e. The van der Waals surface area contributed by atoms with Crippen molar-refractivity contribution in [2.24, 2.45) is 16.7 Å². The van der Waals surface area contributed by atoms with E-state index < -0.39 is 0 Å². The van der Waals surface area contributed by atoms with E-state index in [1.54, 1.807) is 5.57 Å². The molecule has 2 aliphatic carbocycles. The summed E-state index contributed by atoms with van der Waals surface area (Å²) in [6, 6.07) is 0. The summed E-state index contributed by atoms with van der Waals surface area (Å²) >= 11 is 0. The lowest BCUT2D eigenvalue weighted by molar-refractivity contribution is -0.273. The molecule has 0 spiro atoms. The Morgan fingerprint density at radius 3 is 2.47 bits per heavy atom. The van der Waals surface area contributed by atoms with Crippen LogP contribution in [0.5, 0.6) is 0 Å². The van der Waals surface area contributed by atoms with Crippen LogP contribution >= 0.6 is 0 Å². The molecule has 1 saturated carbocycles. The van der Waals surface area contributed by atoms with Crippen molar-refractivity contribution in [1.82, 2.24) is 0 Å². The Morgan fingerprint density at radius 1 is 1.20 bits per heavy atom. The summed E-state index contributed by atoms with van der Waals surface area (Å²) in [4.78, 5) is 0. The molecule has 0 amide bonds. The zero-order chi connectivity index (χ0) is 11.1. The van der Waals surface area contributed by atoms with Crippen molar-refractivity contribution >= 4 is 0 Å². The van der Waals surface area contributed by atoms with Crippen molar-refractivity contribution in [2.45, 2.75) is 59.2 Å². The van der Waals surface area contributed by atoms with Crippen molar-refractivity contribution in [1.29, 1.82) is 0 Å². The lowest BCUT2D eigenvalue weighted by Gasteiger charge is -2.56. The summed E-state index contributed by atoms with van der Waals surface area (Å²) in [5, 5.41) is 0. The maximum atomic E-state index is 6.23. The van der Waals surface area contributed by atoms with Gasteiger partial charge in [-0.1, -0.05) is 39.3 Å². The van der Waals surface area contributed by atoms with Crippen LogP contribution in [-0.4, -0.2) is 11.7 Å². The fourth-order valence-electron chi connectivity index (χ4n) is 4.15. The molecule has 1 heteroatoms. The Bertz CT molecular complexity index is 350. The van der Waals surface area contributed by atoms with Gasteiger partial charge < -0.3 is 4.74 Å². The molecule has 3 rings (SSSR count). The maximum absolute atomic E-state index is 6.23. The van der Waals surface area contributed by atoms with Gasteiger partial charge in [0, 0.05) is 11.3 Å². The van der Waals surface area contributed by atoms with E-state index in [4.69, 9.17) is 4.74 Å². The van der Waals surface area contributed by atoms with Gasteiger partial charge in [-0.25, -0.2) is 0 Å². The number of rotatable bonds is 0. The van der Waals surface area contributed by atoms with Crippen LogP contribution in [0.15, 0.2) is 11.6 Å². The van der Waals surface area contributed by atoms with E-state index in [2.05, 4.69) is 40.7 Å². The first-order valence-electron chi connectivity index (χ1n) is 6.21. The monoisotopic (exact) mass is 206 g/mol. The first-order chi connectivity index (χ1) is 6.82. The highest BCUT2D eigenvalue weighted by molar-refractivity contribution is 5.39. The molecule has 1 nitrogen and oxygen atoms in total. The molecule has 84 valence electrons. The van der Waals surface area contributed by atoms with E-state index in [9.17, 15) is 0 Å². The molecule has 1 saturated heterocycles. The first kappa shape index (κ1) is 9.89. The standard InChI is InChI=1S/C14H22O/c1-12(2)9-7-6-8-10-11(9)14(5,15-10)13(12,3)4/h7,10-11H,6,8H2,1-5H3. The molecule has 3 atom stereocenters. The summed E-state index contributed by atoms with van der Waals surface area (Å²) in [5.74, 6) is 0.705. The number of allylic oxidation sites excluding steroid dienone is 1. The van der Waals surface area contributed by atoms with Crippen LogP contribution in [0.1, 0.15) is 47.5 Å². The highest BCUT2D eigenvalue weighted by Gasteiger charge is 2.72. The fourth-order valence-corrected chi connectivity index (χ4v) is 4.15. The van der Waals surface area contributed by atoms with E-state index in [1.165, 1.54) is 12.8 Å². The van der Waals surface area contributed by atoms with Crippen LogP contribution in [0.2, 0.25) is 0 Å². The third kappa shape index (κ3) is 0.791. The molecule has 1 heterocycles. The second-order valence-electron chi connectivity index (χ2n) is 6.73. The second-order valence-corrected chi connectivity index (χ2v) is 6.73. The Morgan fingerprint density at radius 2 is 1.87 bits per heavy atom. The lowest BCUT2D eigenvalue weighted by atomic mass is 9.63. The highest BCUT2D eigenvalue weighted by atomic mass is 16.5. The first-order valence-corrected chi connectivity index (χ1v) is 6.21. The molecular weight excluding hydrogens is 184 g/mol. The van der Waals surface area contributed by atoms with E-state index in [1.807, 2.05) is 0 Å². The molecule has 0 radical (unpaired) electrons. The summed E-state index contributed by atoms with van der Waals surface area (Å²) in [5.41, 5.74) is 2.31. The number of hydrogen-bond acceptors (Lipinski definition) is 1. The third-order valence-electron chi connectivity index (χ3n) is 6.04. The highest BCUT2D eigenvalue weighted by Crippen LogP contribution is 2.71. The van der Waals surface area contributed by atoms with E-state index >= 15 is 0 Å². The summed E-state index contributed by atoms with van der Waals surface area (Å²) < 4.78 is 6.23. The zero-order valence-electron chi connectivity index (χ0n) is 10.6. The van der Waals surface area contributed by atoms with Crippen molar-refractivity contribution in [3.8, 4) is 0 Å². The van der Waals surface area contributed by atoms with E-state index in [0.29, 0.717) is 17.4 Å². The van der Waals surface area contributed by atoms with Crippen molar-refractivity contribution in [3.05, 3.63) is 11.6 Å². The smallest absolute Gasteiger partial charge is 0.0807 e. The fraction of sp³-hybridized carbons (Fsp3) is 0.857. The molecule has 1 aliphatic heterocycles. The molecule has 3 unspecified atom stereocenters. The molecule has 3 aliphatic rings. The average Bonchev–Trinajstić information content (AvgIpc) is 2.23. The van der Waals surface area contributed by atoms with Gasteiger partial charge in [-0.05, 0) is 25.2 Å². The third-order valence-corrected chi connectivity index (χ3v) is 6.04. The van der Waals surface area contributed by atoms with Gasteiger partial charge in [0.05, 0.1) is 11.7 Å². The molecular formula is C14H22O. The molecule has 2 fully saturated rings. The molecule has 0 aromatic rings. The summed E-state index contributed by atoms with van der Waals surface area (Å²) in [7, 11) is 0. The second kappa shape index (κ2) is 2.34. The molecule has 0 bridgehead atoms.